The summed E-state index contributed by atoms with van der Waals surface area (Å²) in [5, 5.41) is 0. The highest BCUT2D eigenvalue weighted by Gasteiger charge is 2.42. The fraction of sp³-hybridized carbons (Fsp3) is 0.818. The summed E-state index contributed by atoms with van der Waals surface area (Å²) in [6, 6.07) is 0.926. The summed E-state index contributed by atoms with van der Waals surface area (Å²) in [7, 11) is -6.79. The zero-order valence-corrected chi connectivity index (χ0v) is 17.9. The molecule has 1 aliphatic rings. The molecule has 0 amide bonds. The lowest BCUT2D eigenvalue weighted by Crippen LogP contribution is -2.55. The predicted molar refractivity (Wildman–Crippen MR) is 90.1 cm³/mol. The molecule has 0 aromatic carbocycles. The Labute approximate surface area is 129 Å². The van der Waals surface area contributed by atoms with Crippen molar-refractivity contribution in [1.29, 1.82) is 0 Å². The largest absolute Gasteiger partial charge is 0.423 e. The van der Waals surface area contributed by atoms with Gasteiger partial charge in [0.1, 0.15) is 0 Å². The molecule has 1 rings (SSSR count). The molecule has 2 atom stereocenters. The second kappa shape index (κ2) is 8.15. The van der Waals surface area contributed by atoms with Crippen LogP contribution in [-0.2, 0) is 21.2 Å². The van der Waals surface area contributed by atoms with E-state index in [0.717, 1.165) is 24.6 Å². The SMILES string of the molecule is C=C(C)COCCC[Si]1(C)O[SiH2]O[SiH](C)O[Si](C)(C)O1. The summed E-state index contributed by atoms with van der Waals surface area (Å²) in [6.45, 7) is 15.5. The highest BCUT2D eigenvalue weighted by Crippen LogP contribution is 2.24. The molecule has 0 aromatic heterocycles. The molecule has 1 heterocycles. The Bertz CT molecular complexity index is 328. The second-order valence-electron chi connectivity index (χ2n) is 5.86. The molecule has 0 aliphatic carbocycles. The van der Waals surface area contributed by atoms with Crippen molar-refractivity contribution in [2.75, 3.05) is 13.2 Å². The Balaban J connectivity index is 2.42. The third-order valence-corrected chi connectivity index (χ3v) is 16.7. The van der Waals surface area contributed by atoms with Gasteiger partial charge in [0.15, 0.2) is 0 Å². The van der Waals surface area contributed by atoms with Crippen LogP contribution in [0.3, 0.4) is 0 Å². The first-order valence-corrected chi connectivity index (χ1v) is 15.7. The van der Waals surface area contributed by atoms with Gasteiger partial charge in [0.25, 0.3) is 19.3 Å². The van der Waals surface area contributed by atoms with Gasteiger partial charge in [0.05, 0.1) is 6.61 Å². The predicted octanol–water partition coefficient (Wildman–Crippen LogP) is 1.67. The maximum absolute atomic E-state index is 6.31. The number of hydrogen-bond donors (Lipinski definition) is 0. The molecule has 2 unspecified atom stereocenters. The Morgan fingerprint density at radius 3 is 2.70 bits per heavy atom. The summed E-state index contributed by atoms with van der Waals surface area (Å²) in [4.78, 5) is 0. The summed E-state index contributed by atoms with van der Waals surface area (Å²) in [5.41, 5.74) is 1.05. The molecule has 0 radical (unpaired) electrons. The van der Waals surface area contributed by atoms with E-state index in [1.807, 2.05) is 13.5 Å². The molecule has 0 saturated carbocycles. The highest BCUT2D eigenvalue weighted by molar-refractivity contribution is 6.84. The van der Waals surface area contributed by atoms with E-state index in [-0.39, 0.29) is 0 Å². The van der Waals surface area contributed by atoms with Crippen molar-refractivity contribution >= 4 is 36.4 Å². The summed E-state index contributed by atoms with van der Waals surface area (Å²) in [5.74, 6) is 0. The van der Waals surface area contributed by atoms with Gasteiger partial charge in [-0.2, -0.15) is 0 Å². The Morgan fingerprint density at radius 1 is 1.35 bits per heavy atom. The maximum Gasteiger partial charge on any atom is 0.317 e. The second-order valence-corrected chi connectivity index (χ2v) is 17.0. The molecular formula is C11H28O5Si4. The van der Waals surface area contributed by atoms with Crippen LogP contribution in [0.25, 0.3) is 0 Å². The first kappa shape index (κ1) is 18.5. The number of hydrogen-bond acceptors (Lipinski definition) is 5. The normalized spacial score (nSPS) is 31.8. The molecular weight excluding hydrogens is 324 g/mol. The lowest BCUT2D eigenvalue weighted by molar-refractivity contribution is 0.154. The van der Waals surface area contributed by atoms with Crippen LogP contribution in [0, 0.1) is 0 Å². The van der Waals surface area contributed by atoms with Gasteiger partial charge in [-0.05, 0) is 45.6 Å². The van der Waals surface area contributed by atoms with Gasteiger partial charge >= 0.3 is 17.1 Å². The zero-order chi connectivity index (χ0) is 15.2. The summed E-state index contributed by atoms with van der Waals surface area (Å²) >= 11 is 0. The monoisotopic (exact) mass is 352 g/mol. The van der Waals surface area contributed by atoms with Crippen LogP contribution in [0.4, 0.5) is 0 Å². The van der Waals surface area contributed by atoms with Crippen LogP contribution < -0.4 is 0 Å². The van der Waals surface area contributed by atoms with Crippen LogP contribution in [0.2, 0.25) is 32.2 Å². The van der Waals surface area contributed by atoms with E-state index < -0.39 is 36.4 Å². The van der Waals surface area contributed by atoms with Gasteiger partial charge in [0, 0.05) is 6.61 Å². The molecule has 1 aliphatic heterocycles. The van der Waals surface area contributed by atoms with Crippen molar-refractivity contribution < 1.29 is 21.2 Å². The standard InChI is InChI=1S/C11H28O5Si4/c1-11(2)10-12-8-7-9-20(6)14-17-13-18(3)15-19(4,5)16-20/h18H,1,7-10,17H2,2-6H3. The summed E-state index contributed by atoms with van der Waals surface area (Å²) < 4.78 is 29.7. The lowest BCUT2D eigenvalue weighted by Gasteiger charge is -2.39. The maximum atomic E-state index is 6.31. The van der Waals surface area contributed by atoms with Gasteiger partial charge < -0.3 is 21.2 Å². The first-order chi connectivity index (χ1) is 9.22. The van der Waals surface area contributed by atoms with Gasteiger partial charge in [-0.25, -0.2) is 0 Å². The van der Waals surface area contributed by atoms with E-state index in [2.05, 4.69) is 26.2 Å². The van der Waals surface area contributed by atoms with E-state index in [1.54, 1.807) is 0 Å². The summed E-state index contributed by atoms with van der Waals surface area (Å²) in [6.07, 6.45) is 0.946. The van der Waals surface area contributed by atoms with E-state index >= 15 is 0 Å². The fourth-order valence-corrected chi connectivity index (χ4v) is 16.2. The van der Waals surface area contributed by atoms with Crippen molar-refractivity contribution in [2.24, 2.45) is 0 Å². The van der Waals surface area contributed by atoms with Crippen molar-refractivity contribution in [2.45, 2.75) is 45.6 Å². The van der Waals surface area contributed by atoms with Gasteiger partial charge in [-0.15, -0.1) is 0 Å². The van der Waals surface area contributed by atoms with Crippen LogP contribution in [0.1, 0.15) is 13.3 Å². The van der Waals surface area contributed by atoms with Crippen molar-refractivity contribution in [3.05, 3.63) is 12.2 Å². The van der Waals surface area contributed by atoms with Crippen molar-refractivity contribution in [3.8, 4) is 0 Å². The first-order valence-electron chi connectivity index (χ1n) is 7.08. The molecule has 20 heavy (non-hydrogen) atoms. The van der Waals surface area contributed by atoms with Crippen LogP contribution >= 0.6 is 0 Å². The fourth-order valence-electron chi connectivity index (χ4n) is 2.13. The highest BCUT2D eigenvalue weighted by atomic mass is 28.5. The lowest BCUT2D eigenvalue weighted by atomic mass is 10.4. The van der Waals surface area contributed by atoms with Gasteiger partial charge in [-0.1, -0.05) is 12.2 Å². The minimum atomic E-state index is -2.17. The topological polar surface area (TPSA) is 46.2 Å². The quantitative estimate of drug-likeness (QED) is 0.413. The van der Waals surface area contributed by atoms with Crippen molar-refractivity contribution in [3.63, 3.8) is 0 Å². The van der Waals surface area contributed by atoms with Crippen LogP contribution in [0.15, 0.2) is 12.2 Å². The molecule has 0 aromatic rings. The minimum Gasteiger partial charge on any atom is -0.423 e. The molecule has 118 valence electrons. The average molecular weight is 353 g/mol. The van der Waals surface area contributed by atoms with E-state index in [4.69, 9.17) is 21.2 Å². The van der Waals surface area contributed by atoms with Crippen LogP contribution in [0.5, 0.6) is 0 Å². The van der Waals surface area contributed by atoms with Gasteiger partial charge in [0.2, 0.25) is 0 Å². The molecule has 1 saturated heterocycles. The smallest absolute Gasteiger partial charge is 0.317 e. The molecule has 1 fully saturated rings. The third kappa shape index (κ3) is 7.43. The van der Waals surface area contributed by atoms with Crippen molar-refractivity contribution in [1.82, 2.24) is 0 Å². The Hall–Kier alpha value is 0.408. The molecule has 0 bridgehead atoms. The number of rotatable bonds is 6. The minimum absolute atomic E-state index is 0.629. The Morgan fingerprint density at radius 2 is 2.05 bits per heavy atom. The molecule has 5 nitrogen and oxygen atoms in total. The van der Waals surface area contributed by atoms with E-state index in [0.29, 0.717) is 6.61 Å². The molecule has 0 N–H and O–H groups in total. The molecule has 9 heteroatoms. The Kier molecular flexibility index (Phi) is 7.52. The zero-order valence-electron chi connectivity index (χ0n) is 13.4. The van der Waals surface area contributed by atoms with Gasteiger partial charge in [-0.3, -0.25) is 0 Å². The third-order valence-electron chi connectivity index (χ3n) is 2.85. The molecule has 0 spiro atoms. The number of ether oxygens (including phenoxy) is 1. The van der Waals surface area contributed by atoms with E-state index in [9.17, 15) is 0 Å². The average Bonchev–Trinajstić information content (AvgIpc) is 2.24. The van der Waals surface area contributed by atoms with Crippen LogP contribution in [-0.4, -0.2) is 49.6 Å². The van der Waals surface area contributed by atoms with E-state index in [1.165, 1.54) is 0 Å².